The molecule has 0 saturated carbocycles. The largest absolute Gasteiger partial charge is 0.255 e. The number of rotatable bonds is 4. The Morgan fingerprint density at radius 1 is 1.41 bits per heavy atom. The summed E-state index contributed by atoms with van der Waals surface area (Å²) in [6.45, 7) is 0. The number of hydrogen-bond acceptors (Lipinski definition) is 2. The van der Waals surface area contributed by atoms with E-state index in [0.29, 0.717) is 5.88 Å². The lowest BCUT2D eigenvalue weighted by molar-refractivity contribution is 0.707. The van der Waals surface area contributed by atoms with Gasteiger partial charge in [-0.3, -0.25) is 4.68 Å². The van der Waals surface area contributed by atoms with Gasteiger partial charge in [-0.05, 0) is 17.7 Å². The van der Waals surface area contributed by atoms with Crippen LogP contribution >= 0.6 is 23.2 Å². The Labute approximate surface area is 110 Å². The van der Waals surface area contributed by atoms with Crippen LogP contribution < -0.4 is 0 Å². The first-order chi connectivity index (χ1) is 8.19. The van der Waals surface area contributed by atoms with Gasteiger partial charge in [0.25, 0.3) is 0 Å². The Morgan fingerprint density at radius 3 is 2.82 bits per heavy atom. The van der Waals surface area contributed by atoms with Crippen molar-refractivity contribution in [3.63, 3.8) is 0 Å². The lowest BCUT2D eigenvalue weighted by atomic mass is 9.96. The van der Waals surface area contributed by atoms with E-state index in [9.17, 15) is 0 Å². The molecule has 1 heterocycles. The summed E-state index contributed by atoms with van der Waals surface area (Å²) in [6, 6.07) is 7.78. The Bertz CT molecular complexity index is 496. The smallest absolute Gasteiger partial charge is 0.0833 e. The molecule has 0 saturated heterocycles. The van der Waals surface area contributed by atoms with Gasteiger partial charge in [0.15, 0.2) is 0 Å². The first kappa shape index (κ1) is 12.4. The summed E-state index contributed by atoms with van der Waals surface area (Å²) in [7, 11) is 1.85. The zero-order valence-electron chi connectivity index (χ0n) is 9.48. The van der Waals surface area contributed by atoms with Crippen LogP contribution in [0.3, 0.4) is 0 Å². The van der Waals surface area contributed by atoms with Crippen LogP contribution in [-0.2, 0) is 13.5 Å². The van der Waals surface area contributed by atoms with Gasteiger partial charge in [-0.15, -0.1) is 16.7 Å². The number of aryl methyl sites for hydroxylation is 1. The van der Waals surface area contributed by atoms with Crippen molar-refractivity contribution in [2.45, 2.75) is 12.3 Å². The second-order valence-corrected chi connectivity index (χ2v) is 4.74. The zero-order valence-corrected chi connectivity index (χ0v) is 11.0. The molecule has 1 unspecified atom stereocenters. The van der Waals surface area contributed by atoms with Crippen LogP contribution in [-0.4, -0.2) is 20.9 Å². The second-order valence-electron chi connectivity index (χ2n) is 3.99. The summed E-state index contributed by atoms with van der Waals surface area (Å²) in [5, 5.41) is 8.72. The SMILES string of the molecule is Cn1cc(CC(CCl)c2cccc(Cl)c2)nn1. The summed E-state index contributed by atoms with van der Waals surface area (Å²) < 4.78 is 1.69. The van der Waals surface area contributed by atoms with Crippen LogP contribution in [0.4, 0.5) is 0 Å². The number of halogens is 2. The highest BCUT2D eigenvalue weighted by molar-refractivity contribution is 6.30. The molecule has 0 aliphatic rings. The lowest BCUT2D eigenvalue weighted by Crippen LogP contribution is -2.05. The van der Waals surface area contributed by atoms with E-state index in [4.69, 9.17) is 23.2 Å². The van der Waals surface area contributed by atoms with Gasteiger partial charge < -0.3 is 0 Å². The highest BCUT2D eigenvalue weighted by atomic mass is 35.5. The number of benzene rings is 1. The third kappa shape index (κ3) is 3.20. The molecular formula is C12H13Cl2N3. The predicted molar refractivity (Wildman–Crippen MR) is 69.6 cm³/mol. The van der Waals surface area contributed by atoms with Crippen molar-refractivity contribution in [2.75, 3.05) is 5.88 Å². The Balaban J connectivity index is 2.16. The minimum absolute atomic E-state index is 0.215. The molecule has 0 bridgehead atoms. The molecular weight excluding hydrogens is 257 g/mol. The lowest BCUT2D eigenvalue weighted by Gasteiger charge is -2.12. The van der Waals surface area contributed by atoms with E-state index >= 15 is 0 Å². The minimum atomic E-state index is 0.215. The predicted octanol–water partition coefficient (Wildman–Crippen LogP) is 3.03. The van der Waals surface area contributed by atoms with Crippen molar-refractivity contribution in [3.8, 4) is 0 Å². The summed E-state index contributed by atoms with van der Waals surface area (Å²) in [4.78, 5) is 0. The number of hydrogen-bond donors (Lipinski definition) is 0. The molecule has 2 rings (SSSR count). The highest BCUT2D eigenvalue weighted by Crippen LogP contribution is 2.24. The standard InChI is InChI=1S/C12H13Cl2N3/c1-17-8-12(15-16-17)6-10(7-13)9-3-2-4-11(14)5-9/h2-5,8,10H,6-7H2,1H3. The summed E-state index contributed by atoms with van der Waals surface area (Å²) in [5.74, 6) is 0.753. The van der Waals surface area contributed by atoms with Crippen molar-refractivity contribution in [3.05, 3.63) is 46.7 Å². The fourth-order valence-corrected chi connectivity index (χ4v) is 2.25. The van der Waals surface area contributed by atoms with Crippen LogP contribution in [0.15, 0.2) is 30.5 Å². The molecule has 0 aliphatic carbocycles. The Morgan fingerprint density at radius 2 is 2.24 bits per heavy atom. The summed E-state index contributed by atoms with van der Waals surface area (Å²) in [5.41, 5.74) is 2.08. The van der Waals surface area contributed by atoms with E-state index < -0.39 is 0 Å². The van der Waals surface area contributed by atoms with Crippen molar-refractivity contribution in [1.82, 2.24) is 15.0 Å². The van der Waals surface area contributed by atoms with E-state index in [1.54, 1.807) is 4.68 Å². The third-order valence-corrected chi connectivity index (χ3v) is 3.22. The van der Waals surface area contributed by atoms with Gasteiger partial charge in [0.05, 0.1) is 5.69 Å². The van der Waals surface area contributed by atoms with E-state index in [2.05, 4.69) is 10.3 Å². The maximum Gasteiger partial charge on any atom is 0.0833 e. The Hall–Kier alpha value is -1.06. The van der Waals surface area contributed by atoms with E-state index in [0.717, 1.165) is 22.7 Å². The van der Waals surface area contributed by atoms with Crippen LogP contribution in [0.5, 0.6) is 0 Å². The van der Waals surface area contributed by atoms with Crippen LogP contribution in [0.25, 0.3) is 0 Å². The molecule has 2 aromatic rings. The van der Waals surface area contributed by atoms with Gasteiger partial charge in [-0.25, -0.2) is 0 Å². The summed E-state index contributed by atoms with van der Waals surface area (Å²) in [6.07, 6.45) is 2.68. The zero-order chi connectivity index (χ0) is 12.3. The van der Waals surface area contributed by atoms with Gasteiger partial charge in [0.2, 0.25) is 0 Å². The van der Waals surface area contributed by atoms with Gasteiger partial charge in [0.1, 0.15) is 0 Å². The average molecular weight is 270 g/mol. The number of nitrogens with zero attached hydrogens (tertiary/aromatic N) is 3. The van der Waals surface area contributed by atoms with Crippen LogP contribution in [0.1, 0.15) is 17.2 Å². The van der Waals surface area contributed by atoms with Gasteiger partial charge in [-0.2, -0.15) is 0 Å². The highest BCUT2D eigenvalue weighted by Gasteiger charge is 2.13. The molecule has 1 aromatic heterocycles. The van der Waals surface area contributed by atoms with Crippen molar-refractivity contribution in [2.24, 2.45) is 7.05 Å². The average Bonchev–Trinajstić information content (AvgIpc) is 2.72. The molecule has 17 heavy (non-hydrogen) atoms. The first-order valence-corrected chi connectivity index (χ1v) is 6.27. The molecule has 3 nitrogen and oxygen atoms in total. The normalized spacial score (nSPS) is 12.6. The van der Waals surface area contributed by atoms with Crippen molar-refractivity contribution in [1.29, 1.82) is 0 Å². The van der Waals surface area contributed by atoms with E-state index in [1.165, 1.54) is 0 Å². The fraction of sp³-hybridized carbons (Fsp3) is 0.333. The number of alkyl halides is 1. The molecule has 0 radical (unpaired) electrons. The van der Waals surface area contributed by atoms with Crippen molar-refractivity contribution < 1.29 is 0 Å². The topological polar surface area (TPSA) is 30.7 Å². The molecule has 0 N–H and O–H groups in total. The molecule has 0 amide bonds. The second kappa shape index (κ2) is 5.52. The first-order valence-electron chi connectivity index (χ1n) is 5.35. The monoisotopic (exact) mass is 269 g/mol. The van der Waals surface area contributed by atoms with Gasteiger partial charge >= 0.3 is 0 Å². The van der Waals surface area contributed by atoms with Gasteiger partial charge in [0, 0.05) is 36.5 Å². The maximum absolute atomic E-state index is 6.01. The molecule has 5 heteroatoms. The molecule has 0 spiro atoms. The maximum atomic E-state index is 6.01. The van der Waals surface area contributed by atoms with Crippen molar-refractivity contribution >= 4 is 23.2 Å². The molecule has 1 atom stereocenters. The fourth-order valence-electron chi connectivity index (χ4n) is 1.76. The quantitative estimate of drug-likeness (QED) is 0.799. The molecule has 0 fully saturated rings. The van der Waals surface area contributed by atoms with Crippen LogP contribution in [0, 0.1) is 0 Å². The molecule has 1 aromatic carbocycles. The molecule has 0 aliphatic heterocycles. The Kier molecular flexibility index (Phi) is 4.02. The van der Waals surface area contributed by atoms with Gasteiger partial charge in [-0.1, -0.05) is 28.9 Å². The summed E-state index contributed by atoms with van der Waals surface area (Å²) >= 11 is 12.0. The van der Waals surface area contributed by atoms with E-state index in [-0.39, 0.29) is 5.92 Å². The third-order valence-electron chi connectivity index (χ3n) is 2.61. The molecule has 90 valence electrons. The van der Waals surface area contributed by atoms with Crippen LogP contribution in [0.2, 0.25) is 5.02 Å². The number of aromatic nitrogens is 3. The minimum Gasteiger partial charge on any atom is -0.255 e. The van der Waals surface area contributed by atoms with E-state index in [1.807, 2.05) is 37.5 Å².